The van der Waals surface area contributed by atoms with Gasteiger partial charge in [0.1, 0.15) is 18.0 Å². The van der Waals surface area contributed by atoms with E-state index >= 15 is 0 Å². The maximum absolute atomic E-state index is 11.8. The highest BCUT2D eigenvalue weighted by Crippen LogP contribution is 2.50. The Balaban J connectivity index is 1.43. The first-order valence-electron chi connectivity index (χ1n) is 11.0. The zero-order valence-electron chi connectivity index (χ0n) is 18.4. The molecule has 1 aliphatic heterocycles. The second kappa shape index (κ2) is 8.19. The van der Waals surface area contributed by atoms with Gasteiger partial charge in [-0.2, -0.15) is 0 Å². The van der Waals surface area contributed by atoms with Crippen molar-refractivity contribution in [3.63, 3.8) is 0 Å². The molecule has 2 aromatic carbocycles. The highest BCUT2D eigenvalue weighted by atomic mass is 16.5. The van der Waals surface area contributed by atoms with Crippen molar-refractivity contribution in [3.8, 4) is 5.75 Å². The molecular formula is C26H27N3O3. The lowest BCUT2D eigenvalue weighted by Crippen LogP contribution is -2.34. The summed E-state index contributed by atoms with van der Waals surface area (Å²) in [5, 5.41) is 3.71. The Morgan fingerprint density at radius 1 is 1.19 bits per heavy atom. The van der Waals surface area contributed by atoms with Gasteiger partial charge < -0.3 is 19.7 Å². The van der Waals surface area contributed by atoms with Crippen molar-refractivity contribution < 1.29 is 14.3 Å². The number of nitrogens with zero attached hydrogens (tertiary/aromatic N) is 2. The van der Waals surface area contributed by atoms with Crippen LogP contribution >= 0.6 is 0 Å². The quantitative estimate of drug-likeness (QED) is 0.574. The molecule has 2 heterocycles. The third-order valence-electron chi connectivity index (χ3n) is 6.24. The van der Waals surface area contributed by atoms with Crippen LogP contribution in [0.15, 0.2) is 60.8 Å². The molecule has 164 valence electrons. The number of benzene rings is 2. The van der Waals surface area contributed by atoms with Crippen LogP contribution < -0.4 is 15.0 Å². The molecule has 1 fully saturated rings. The smallest absolute Gasteiger partial charge is 0.337 e. The van der Waals surface area contributed by atoms with E-state index in [0.29, 0.717) is 12.2 Å². The molecule has 6 heteroatoms. The Bertz CT molecular complexity index is 1140. The zero-order chi connectivity index (χ0) is 22.1. The predicted octanol–water partition coefficient (Wildman–Crippen LogP) is 4.68. The molecule has 0 spiro atoms. The number of hydrogen-bond acceptors (Lipinski definition) is 6. The van der Waals surface area contributed by atoms with Gasteiger partial charge in [0.15, 0.2) is 5.82 Å². The van der Waals surface area contributed by atoms with Crippen LogP contribution in [0.2, 0.25) is 0 Å². The molecule has 0 radical (unpaired) electrons. The number of nitrogens with one attached hydrogen (secondary N) is 1. The van der Waals surface area contributed by atoms with E-state index in [4.69, 9.17) is 14.5 Å². The van der Waals surface area contributed by atoms with E-state index in [9.17, 15) is 4.79 Å². The van der Waals surface area contributed by atoms with Gasteiger partial charge in [-0.25, -0.2) is 9.78 Å². The molecule has 3 aromatic rings. The van der Waals surface area contributed by atoms with Gasteiger partial charge >= 0.3 is 5.97 Å². The molecule has 0 saturated heterocycles. The molecule has 1 saturated carbocycles. The number of methoxy groups -OCH3 is 1. The monoisotopic (exact) mass is 429 g/mol. The number of esters is 1. The fourth-order valence-corrected chi connectivity index (χ4v) is 4.40. The minimum absolute atomic E-state index is 0.177. The van der Waals surface area contributed by atoms with E-state index in [-0.39, 0.29) is 11.5 Å². The van der Waals surface area contributed by atoms with Gasteiger partial charge in [0.05, 0.1) is 24.8 Å². The topological polar surface area (TPSA) is 63.7 Å². The van der Waals surface area contributed by atoms with Crippen LogP contribution in [0.25, 0.3) is 0 Å². The van der Waals surface area contributed by atoms with E-state index in [0.717, 1.165) is 48.7 Å². The molecule has 0 amide bonds. The molecule has 0 unspecified atom stereocenters. The molecule has 0 atom stereocenters. The minimum Gasteiger partial charge on any atom is -0.489 e. The standard InChI is InChI=1S/C26H27N3O3/c1-18-4-3-5-19(16-18)17-29-14-15-32-22-10-13-27-24(23(22)29)28-26(11-12-26)21-8-6-20(7-9-21)25(30)31-2/h3-10,13,16H,11-12,14-15,17H2,1-2H3,(H,27,28). The Labute approximate surface area is 188 Å². The first-order chi connectivity index (χ1) is 15.6. The highest BCUT2D eigenvalue weighted by Gasteiger charge is 2.45. The number of pyridine rings is 1. The van der Waals surface area contributed by atoms with Crippen molar-refractivity contribution in [1.82, 2.24) is 4.98 Å². The zero-order valence-corrected chi connectivity index (χ0v) is 18.4. The molecule has 5 rings (SSSR count). The lowest BCUT2D eigenvalue weighted by Gasteiger charge is -2.33. The maximum atomic E-state index is 11.8. The lowest BCUT2D eigenvalue weighted by atomic mass is 10.0. The number of carbonyl (C=O) groups excluding carboxylic acids is 1. The molecule has 32 heavy (non-hydrogen) atoms. The van der Waals surface area contributed by atoms with Crippen molar-refractivity contribution in [3.05, 3.63) is 83.0 Å². The van der Waals surface area contributed by atoms with E-state index in [1.165, 1.54) is 18.2 Å². The Morgan fingerprint density at radius 3 is 2.72 bits per heavy atom. The number of aromatic nitrogens is 1. The van der Waals surface area contributed by atoms with Gasteiger partial charge in [0, 0.05) is 18.8 Å². The molecule has 2 aliphatic rings. The Morgan fingerprint density at radius 2 is 2.00 bits per heavy atom. The van der Waals surface area contributed by atoms with Crippen molar-refractivity contribution >= 4 is 17.5 Å². The van der Waals surface area contributed by atoms with Gasteiger partial charge in [0.2, 0.25) is 0 Å². The van der Waals surface area contributed by atoms with Crippen LogP contribution in [0.3, 0.4) is 0 Å². The molecule has 6 nitrogen and oxygen atoms in total. The predicted molar refractivity (Wildman–Crippen MR) is 124 cm³/mol. The van der Waals surface area contributed by atoms with Crippen LogP contribution in [-0.2, 0) is 16.8 Å². The molecule has 0 bridgehead atoms. The van der Waals surface area contributed by atoms with E-state index in [1.54, 1.807) is 6.20 Å². The molecule has 1 N–H and O–H groups in total. The van der Waals surface area contributed by atoms with Crippen molar-refractivity contribution in [1.29, 1.82) is 0 Å². The second-order valence-electron chi connectivity index (χ2n) is 8.54. The van der Waals surface area contributed by atoms with Crippen LogP contribution in [-0.4, -0.2) is 31.2 Å². The van der Waals surface area contributed by atoms with Gasteiger partial charge in [-0.1, -0.05) is 42.0 Å². The number of hydrogen-bond donors (Lipinski definition) is 1. The van der Waals surface area contributed by atoms with Gasteiger partial charge in [0.25, 0.3) is 0 Å². The summed E-state index contributed by atoms with van der Waals surface area (Å²) in [4.78, 5) is 18.8. The fraction of sp³-hybridized carbons (Fsp3) is 0.308. The lowest BCUT2D eigenvalue weighted by molar-refractivity contribution is 0.0600. The van der Waals surface area contributed by atoms with Crippen molar-refractivity contribution in [2.24, 2.45) is 0 Å². The van der Waals surface area contributed by atoms with Crippen LogP contribution in [0.1, 0.15) is 39.9 Å². The van der Waals surface area contributed by atoms with Crippen LogP contribution in [0.5, 0.6) is 5.75 Å². The van der Waals surface area contributed by atoms with Crippen molar-refractivity contribution in [2.45, 2.75) is 31.8 Å². The summed E-state index contributed by atoms with van der Waals surface area (Å²) in [6.07, 6.45) is 3.82. The normalized spacial score (nSPS) is 16.0. The SMILES string of the molecule is COC(=O)c1ccc(C2(Nc3nccc4c3N(Cc3cccc(C)c3)CCO4)CC2)cc1. The number of aryl methyl sites for hydroxylation is 1. The molecular weight excluding hydrogens is 402 g/mol. The second-order valence-corrected chi connectivity index (χ2v) is 8.54. The number of ether oxygens (including phenoxy) is 2. The summed E-state index contributed by atoms with van der Waals surface area (Å²) < 4.78 is 10.8. The maximum Gasteiger partial charge on any atom is 0.337 e. The summed E-state index contributed by atoms with van der Waals surface area (Å²) in [6.45, 7) is 4.39. The first kappa shape index (κ1) is 20.4. The number of anilines is 2. The summed E-state index contributed by atoms with van der Waals surface area (Å²) >= 11 is 0. The summed E-state index contributed by atoms with van der Waals surface area (Å²) in [6, 6.07) is 18.2. The summed E-state index contributed by atoms with van der Waals surface area (Å²) in [7, 11) is 1.40. The van der Waals surface area contributed by atoms with Gasteiger partial charge in [-0.15, -0.1) is 0 Å². The Hall–Kier alpha value is -3.54. The van der Waals surface area contributed by atoms with Gasteiger partial charge in [-0.3, -0.25) is 0 Å². The molecule has 1 aromatic heterocycles. The third-order valence-corrected chi connectivity index (χ3v) is 6.24. The third kappa shape index (κ3) is 3.88. The van der Waals surface area contributed by atoms with E-state index < -0.39 is 0 Å². The number of rotatable bonds is 6. The van der Waals surface area contributed by atoms with E-state index in [1.807, 2.05) is 30.3 Å². The Kier molecular flexibility index (Phi) is 5.21. The number of fused-ring (bicyclic) bond motifs is 1. The highest BCUT2D eigenvalue weighted by molar-refractivity contribution is 5.89. The van der Waals surface area contributed by atoms with E-state index in [2.05, 4.69) is 41.4 Å². The summed E-state index contributed by atoms with van der Waals surface area (Å²) in [5.74, 6) is 1.37. The molecule has 1 aliphatic carbocycles. The van der Waals surface area contributed by atoms with Crippen LogP contribution in [0, 0.1) is 6.92 Å². The minimum atomic E-state index is -0.322. The van der Waals surface area contributed by atoms with Gasteiger partial charge in [-0.05, 0) is 43.0 Å². The van der Waals surface area contributed by atoms with Crippen LogP contribution in [0.4, 0.5) is 11.5 Å². The largest absolute Gasteiger partial charge is 0.489 e. The average Bonchev–Trinajstić information content (AvgIpc) is 3.59. The average molecular weight is 430 g/mol. The first-order valence-corrected chi connectivity index (χ1v) is 11.0. The fourth-order valence-electron chi connectivity index (χ4n) is 4.40. The summed E-state index contributed by atoms with van der Waals surface area (Å²) in [5.41, 5.74) is 5.06. The number of carbonyl (C=O) groups is 1. The van der Waals surface area contributed by atoms with Crippen molar-refractivity contribution in [2.75, 3.05) is 30.5 Å².